The second-order valence-corrected chi connectivity index (χ2v) is 12.1. The molecule has 40 heavy (non-hydrogen) atoms. The molecule has 212 valence electrons. The molecule has 5 atom stereocenters. The lowest BCUT2D eigenvalue weighted by Gasteiger charge is -2.37. The number of nitrogens with zero attached hydrogens (tertiary/aromatic N) is 3. The lowest BCUT2D eigenvalue weighted by molar-refractivity contribution is -0.176. The smallest absolute Gasteiger partial charge is 0.336 e. The first-order valence-electron chi connectivity index (χ1n) is 13.0. The summed E-state index contributed by atoms with van der Waals surface area (Å²) in [5.41, 5.74) is 0.642. The maximum atomic E-state index is 13.8. The molecule has 3 amide bonds. The minimum absolute atomic E-state index is 0.0510. The molecule has 1 aliphatic carbocycles. The SMILES string of the molecule is CC(C)(C)[C@H](NC(=O)C(F)(F)F)C(=O)N1C[C@H]2[C@@H]([C@H]1C(=O)NC(C#N)c1cnccc1-c1ccccc1)C2(C)C. The normalized spacial score (nSPS) is 22.9. The van der Waals surface area contributed by atoms with Crippen molar-refractivity contribution in [1.82, 2.24) is 20.5 Å². The topological polar surface area (TPSA) is 115 Å². The average Bonchev–Trinajstić information content (AvgIpc) is 3.22. The van der Waals surface area contributed by atoms with Gasteiger partial charge in [-0.05, 0) is 39.9 Å². The summed E-state index contributed by atoms with van der Waals surface area (Å²) in [5, 5.41) is 14.6. The van der Waals surface area contributed by atoms with Crippen molar-refractivity contribution >= 4 is 17.7 Å². The first-order valence-corrected chi connectivity index (χ1v) is 13.0. The highest BCUT2D eigenvalue weighted by Gasteiger charge is 2.70. The molecule has 2 heterocycles. The van der Waals surface area contributed by atoms with E-state index in [1.54, 1.807) is 33.0 Å². The molecule has 1 saturated carbocycles. The van der Waals surface area contributed by atoms with Crippen LogP contribution in [0.1, 0.15) is 46.2 Å². The van der Waals surface area contributed by atoms with Crippen molar-refractivity contribution in [3.63, 3.8) is 0 Å². The van der Waals surface area contributed by atoms with Crippen molar-refractivity contribution in [3.8, 4) is 17.2 Å². The molecule has 1 unspecified atom stereocenters. The van der Waals surface area contributed by atoms with Gasteiger partial charge in [0.15, 0.2) is 0 Å². The Hall–Kier alpha value is -3.94. The van der Waals surface area contributed by atoms with Crippen LogP contribution in [0.5, 0.6) is 0 Å². The van der Waals surface area contributed by atoms with Gasteiger partial charge >= 0.3 is 12.1 Å². The van der Waals surface area contributed by atoms with E-state index in [0.717, 1.165) is 5.56 Å². The fraction of sp³-hybridized carbons (Fsp3) is 0.483. The van der Waals surface area contributed by atoms with Crippen molar-refractivity contribution in [1.29, 1.82) is 5.26 Å². The van der Waals surface area contributed by atoms with Crippen LogP contribution in [0, 0.1) is 34.0 Å². The van der Waals surface area contributed by atoms with Gasteiger partial charge in [-0.3, -0.25) is 19.4 Å². The number of rotatable bonds is 6. The van der Waals surface area contributed by atoms with Crippen LogP contribution >= 0.6 is 0 Å². The van der Waals surface area contributed by atoms with Crippen molar-refractivity contribution in [2.24, 2.45) is 22.7 Å². The molecule has 2 aromatic rings. The molecule has 2 N–H and O–H groups in total. The van der Waals surface area contributed by atoms with Gasteiger partial charge in [-0.25, -0.2) is 0 Å². The van der Waals surface area contributed by atoms with E-state index in [-0.39, 0.29) is 23.8 Å². The summed E-state index contributed by atoms with van der Waals surface area (Å²) in [7, 11) is 0. The Morgan fingerprint density at radius 2 is 1.75 bits per heavy atom. The molecule has 0 radical (unpaired) electrons. The number of pyridine rings is 1. The number of nitriles is 1. The number of hydrogen-bond donors (Lipinski definition) is 2. The minimum Gasteiger partial charge on any atom is -0.336 e. The summed E-state index contributed by atoms with van der Waals surface area (Å²) in [5.74, 6) is -3.88. The number of fused-ring (bicyclic) bond motifs is 1. The number of carbonyl (C=O) groups is 3. The summed E-state index contributed by atoms with van der Waals surface area (Å²) >= 11 is 0. The largest absolute Gasteiger partial charge is 0.471 e. The summed E-state index contributed by atoms with van der Waals surface area (Å²) in [4.78, 5) is 44.7. The maximum absolute atomic E-state index is 13.8. The van der Waals surface area contributed by atoms with Gasteiger partial charge in [-0.15, -0.1) is 0 Å². The third kappa shape index (κ3) is 5.40. The predicted molar refractivity (Wildman–Crippen MR) is 140 cm³/mol. The molecule has 11 heteroatoms. The van der Waals surface area contributed by atoms with Gasteiger partial charge < -0.3 is 15.5 Å². The van der Waals surface area contributed by atoms with E-state index in [1.165, 1.54) is 11.1 Å². The summed E-state index contributed by atoms with van der Waals surface area (Å²) in [6, 6.07) is 9.49. The molecule has 0 spiro atoms. The summed E-state index contributed by atoms with van der Waals surface area (Å²) in [6.45, 7) is 8.72. The maximum Gasteiger partial charge on any atom is 0.471 e. The highest BCUT2D eigenvalue weighted by molar-refractivity contribution is 5.95. The quantitative estimate of drug-likeness (QED) is 0.559. The Labute approximate surface area is 230 Å². The first kappa shape index (κ1) is 29.1. The molecular weight excluding hydrogens is 523 g/mol. The standard InChI is InChI=1S/C29H32F3N5O3/c1-27(2,3)23(36-26(40)29(30,31)32)25(39)37-15-19-21(28(19,4)5)22(37)24(38)35-20(13-33)18-14-34-12-11-17(18)16-9-7-6-8-10-16/h6-12,14,19-23H,15H2,1-5H3,(H,35,38)(H,36,40)/t19-,20?,21-,22-,23+/m0/s1. The number of hydrogen-bond acceptors (Lipinski definition) is 5. The Balaban J connectivity index is 1.63. The number of nitrogens with one attached hydrogen (secondary N) is 2. The van der Waals surface area contributed by atoms with E-state index in [4.69, 9.17) is 0 Å². The number of halogens is 3. The second kappa shape index (κ2) is 10.2. The molecule has 2 aliphatic rings. The highest BCUT2D eigenvalue weighted by Crippen LogP contribution is 2.65. The van der Waals surface area contributed by atoms with Crippen LogP contribution in [0.25, 0.3) is 11.1 Å². The van der Waals surface area contributed by atoms with Crippen LogP contribution in [0.15, 0.2) is 48.8 Å². The summed E-state index contributed by atoms with van der Waals surface area (Å²) < 4.78 is 39.2. The molecule has 1 aliphatic heterocycles. The molecule has 0 bridgehead atoms. The van der Waals surface area contributed by atoms with E-state index < -0.39 is 47.4 Å². The van der Waals surface area contributed by atoms with Crippen LogP contribution < -0.4 is 10.6 Å². The molecule has 8 nitrogen and oxygen atoms in total. The molecule has 2 fully saturated rings. The van der Waals surface area contributed by atoms with Crippen molar-refractivity contribution in [2.75, 3.05) is 6.54 Å². The molecule has 1 aromatic carbocycles. The number of piperidine rings is 1. The minimum atomic E-state index is -5.17. The van der Waals surface area contributed by atoms with Crippen LogP contribution in [-0.4, -0.2) is 52.4 Å². The van der Waals surface area contributed by atoms with Crippen LogP contribution in [0.4, 0.5) is 13.2 Å². The predicted octanol–water partition coefficient (Wildman–Crippen LogP) is 4.01. The zero-order chi connectivity index (χ0) is 29.6. The monoisotopic (exact) mass is 555 g/mol. The van der Waals surface area contributed by atoms with Crippen LogP contribution in [-0.2, 0) is 14.4 Å². The van der Waals surface area contributed by atoms with Gasteiger partial charge in [0.25, 0.3) is 0 Å². The van der Waals surface area contributed by atoms with Gasteiger partial charge in [0.1, 0.15) is 18.1 Å². The number of alkyl halides is 3. The Morgan fingerprint density at radius 3 is 2.33 bits per heavy atom. The van der Waals surface area contributed by atoms with E-state index in [1.807, 2.05) is 49.5 Å². The zero-order valence-corrected chi connectivity index (χ0v) is 22.9. The van der Waals surface area contributed by atoms with E-state index in [2.05, 4.69) is 16.4 Å². The first-order chi connectivity index (χ1) is 18.6. The van der Waals surface area contributed by atoms with Crippen molar-refractivity contribution in [3.05, 3.63) is 54.4 Å². The fourth-order valence-electron chi connectivity index (χ4n) is 5.77. The van der Waals surface area contributed by atoms with E-state index >= 15 is 0 Å². The Morgan fingerprint density at radius 1 is 1.10 bits per heavy atom. The fourth-order valence-corrected chi connectivity index (χ4v) is 5.77. The number of benzene rings is 1. The van der Waals surface area contributed by atoms with Gasteiger partial charge in [0.2, 0.25) is 11.8 Å². The second-order valence-electron chi connectivity index (χ2n) is 12.1. The van der Waals surface area contributed by atoms with E-state index in [0.29, 0.717) is 11.1 Å². The van der Waals surface area contributed by atoms with Gasteiger partial charge in [-0.2, -0.15) is 18.4 Å². The number of carbonyl (C=O) groups excluding carboxylic acids is 3. The molecule has 1 aromatic heterocycles. The third-order valence-corrected chi connectivity index (χ3v) is 8.07. The van der Waals surface area contributed by atoms with Gasteiger partial charge in [0, 0.05) is 24.5 Å². The number of amides is 3. The van der Waals surface area contributed by atoms with Crippen molar-refractivity contribution in [2.45, 2.75) is 58.9 Å². The lowest BCUT2D eigenvalue weighted by Crippen LogP contribution is -2.60. The van der Waals surface area contributed by atoms with Gasteiger partial charge in [-0.1, -0.05) is 65.0 Å². The zero-order valence-electron chi connectivity index (χ0n) is 22.9. The molecule has 4 rings (SSSR count). The molecule has 1 saturated heterocycles. The number of likely N-dealkylation sites (tertiary alicyclic amines) is 1. The van der Waals surface area contributed by atoms with E-state index in [9.17, 15) is 32.8 Å². The highest BCUT2D eigenvalue weighted by atomic mass is 19.4. The van der Waals surface area contributed by atoms with Crippen LogP contribution in [0.3, 0.4) is 0 Å². The third-order valence-electron chi connectivity index (χ3n) is 8.07. The Bertz CT molecular complexity index is 1350. The Kier molecular flexibility index (Phi) is 7.43. The summed E-state index contributed by atoms with van der Waals surface area (Å²) in [6.07, 6.45) is -2.09. The van der Waals surface area contributed by atoms with Crippen LogP contribution in [0.2, 0.25) is 0 Å². The average molecular weight is 556 g/mol. The molecular formula is C29H32F3N5O3. The van der Waals surface area contributed by atoms with Crippen molar-refractivity contribution < 1.29 is 27.6 Å². The lowest BCUT2D eigenvalue weighted by atomic mass is 9.85. The number of aromatic nitrogens is 1. The van der Waals surface area contributed by atoms with Gasteiger partial charge in [0.05, 0.1) is 6.07 Å².